The van der Waals surface area contributed by atoms with E-state index in [4.69, 9.17) is 4.74 Å². The minimum atomic E-state index is -0.826. The highest BCUT2D eigenvalue weighted by molar-refractivity contribution is 5.69. The molecule has 0 bridgehead atoms. The fourth-order valence-corrected chi connectivity index (χ4v) is 4.01. The predicted octanol–water partition coefficient (Wildman–Crippen LogP) is 8.27. The number of carbonyl (C=O) groups excluding carboxylic acids is 1. The Morgan fingerprint density at radius 2 is 1.69 bits per heavy atom. The van der Waals surface area contributed by atoms with Crippen molar-refractivity contribution < 1.29 is 19.5 Å². The molecule has 1 aromatic rings. The van der Waals surface area contributed by atoms with Gasteiger partial charge in [0.25, 0.3) is 5.09 Å². The number of rotatable bonds is 16. The molecule has 0 N–H and O–H groups in total. The molecule has 0 atom stereocenters. The minimum absolute atomic E-state index is 0.0475. The van der Waals surface area contributed by atoms with Crippen molar-refractivity contribution in [3.63, 3.8) is 0 Å². The molecule has 1 saturated carbocycles. The largest absolute Gasteiger partial charge is 0.466 e. The summed E-state index contributed by atoms with van der Waals surface area (Å²) in [5.41, 5.74) is 1.50. The van der Waals surface area contributed by atoms with Crippen molar-refractivity contribution in [2.75, 3.05) is 13.2 Å². The SMILES string of the molecule is C/C=C\CCCC(=O)OCCCCO[N+](=O)[O-].CC.c1ccc(CCCCCC2CCCC2)cc1. The van der Waals surface area contributed by atoms with Gasteiger partial charge in [0.05, 0.1) is 13.2 Å². The Labute approximate surface area is 213 Å². The summed E-state index contributed by atoms with van der Waals surface area (Å²) in [6.45, 7) is 6.28. The Kier molecular flexibility index (Phi) is 23.1. The number of allylic oxidation sites excluding steroid dienone is 2. The average Bonchev–Trinajstić information content (AvgIpc) is 3.39. The lowest BCUT2D eigenvalue weighted by molar-refractivity contribution is -0.757. The van der Waals surface area contributed by atoms with Gasteiger partial charge in [0.2, 0.25) is 0 Å². The van der Waals surface area contributed by atoms with Crippen LogP contribution in [0.1, 0.15) is 110 Å². The fraction of sp³-hybridized carbons (Fsp3) is 0.690. The molecule has 0 unspecified atom stereocenters. The van der Waals surface area contributed by atoms with Gasteiger partial charge in [-0.1, -0.05) is 101 Å². The summed E-state index contributed by atoms with van der Waals surface area (Å²) in [5, 5.41) is 8.98. The zero-order valence-corrected chi connectivity index (χ0v) is 22.4. The zero-order chi connectivity index (χ0) is 26.0. The summed E-state index contributed by atoms with van der Waals surface area (Å²) < 4.78 is 4.94. The van der Waals surface area contributed by atoms with E-state index < -0.39 is 5.09 Å². The van der Waals surface area contributed by atoms with Gasteiger partial charge in [-0.2, -0.15) is 0 Å². The van der Waals surface area contributed by atoms with Crippen LogP contribution in [0.3, 0.4) is 0 Å². The lowest BCUT2D eigenvalue weighted by atomic mass is 9.98. The van der Waals surface area contributed by atoms with Crippen LogP contribution >= 0.6 is 0 Å². The number of esters is 1. The standard InChI is InChI=1S/C16H24.C11H19NO5.C2H6/c1-3-9-15(10-4-1)11-5-2-6-12-16-13-7-8-14-16;1-2-3-4-5-8-11(13)16-9-6-7-10-17-12(14)15;1-2/h1,3-4,9-10,16H,2,5-8,11-14H2;2-3H,4-10H2,1H3;1-2H3/b;3-2-;. The normalized spacial score (nSPS) is 12.9. The van der Waals surface area contributed by atoms with Crippen molar-refractivity contribution in [2.24, 2.45) is 5.92 Å². The van der Waals surface area contributed by atoms with Crippen LogP contribution in [0.4, 0.5) is 0 Å². The third kappa shape index (κ3) is 21.9. The molecule has 0 aromatic heterocycles. The summed E-state index contributed by atoms with van der Waals surface area (Å²) in [5.74, 6) is 0.862. The number of carbonyl (C=O) groups is 1. The maximum absolute atomic E-state index is 11.2. The third-order valence-electron chi connectivity index (χ3n) is 5.88. The number of ether oxygens (including phenoxy) is 1. The average molecular weight is 492 g/mol. The highest BCUT2D eigenvalue weighted by atomic mass is 16.9. The van der Waals surface area contributed by atoms with Crippen LogP contribution in [0.5, 0.6) is 0 Å². The number of nitrogens with zero attached hydrogens (tertiary/aromatic N) is 1. The number of hydrogen-bond donors (Lipinski definition) is 0. The summed E-state index contributed by atoms with van der Waals surface area (Å²) in [4.78, 5) is 25.1. The van der Waals surface area contributed by atoms with E-state index in [9.17, 15) is 14.9 Å². The number of unbranched alkanes of at least 4 members (excludes halogenated alkanes) is 4. The summed E-state index contributed by atoms with van der Waals surface area (Å²) in [6.07, 6.45) is 20.1. The third-order valence-corrected chi connectivity index (χ3v) is 5.88. The quantitative estimate of drug-likeness (QED) is 0.0764. The van der Waals surface area contributed by atoms with Crippen LogP contribution in [0.2, 0.25) is 0 Å². The Hall–Kier alpha value is -2.37. The van der Waals surface area contributed by atoms with Gasteiger partial charge in [-0.15, -0.1) is 10.1 Å². The van der Waals surface area contributed by atoms with E-state index in [1.165, 1.54) is 63.4 Å². The Balaban J connectivity index is 0.000000617. The van der Waals surface area contributed by atoms with Crippen LogP contribution in [0.25, 0.3) is 0 Å². The molecule has 6 heteroatoms. The first-order chi connectivity index (χ1) is 17.1. The van der Waals surface area contributed by atoms with Crippen LogP contribution in [0.15, 0.2) is 42.5 Å². The smallest absolute Gasteiger partial charge is 0.305 e. The Morgan fingerprint density at radius 3 is 2.34 bits per heavy atom. The van der Waals surface area contributed by atoms with E-state index >= 15 is 0 Å². The second kappa shape index (κ2) is 24.7. The van der Waals surface area contributed by atoms with Gasteiger partial charge in [0.15, 0.2) is 0 Å². The van der Waals surface area contributed by atoms with Gasteiger partial charge in [0.1, 0.15) is 0 Å². The van der Waals surface area contributed by atoms with Gasteiger partial charge in [-0.25, -0.2) is 0 Å². The van der Waals surface area contributed by atoms with E-state index in [2.05, 4.69) is 35.2 Å². The van der Waals surface area contributed by atoms with Crippen molar-refractivity contribution in [3.05, 3.63) is 58.2 Å². The van der Waals surface area contributed by atoms with Crippen LogP contribution in [-0.4, -0.2) is 24.3 Å². The lowest BCUT2D eigenvalue weighted by Crippen LogP contribution is -2.07. The van der Waals surface area contributed by atoms with Crippen molar-refractivity contribution in [2.45, 2.75) is 111 Å². The first-order valence-corrected chi connectivity index (χ1v) is 13.7. The van der Waals surface area contributed by atoms with Crippen molar-refractivity contribution in [1.82, 2.24) is 0 Å². The molecule has 1 aliphatic rings. The predicted molar refractivity (Wildman–Crippen MR) is 144 cm³/mol. The second-order valence-electron chi connectivity index (χ2n) is 8.68. The number of hydrogen-bond acceptors (Lipinski definition) is 5. The topological polar surface area (TPSA) is 78.7 Å². The maximum Gasteiger partial charge on any atom is 0.305 e. The molecule has 0 heterocycles. The highest BCUT2D eigenvalue weighted by Gasteiger charge is 2.13. The van der Waals surface area contributed by atoms with Gasteiger partial charge < -0.3 is 9.57 Å². The van der Waals surface area contributed by atoms with E-state index in [0.29, 0.717) is 25.9 Å². The van der Waals surface area contributed by atoms with Gasteiger partial charge in [0, 0.05) is 6.42 Å². The minimum Gasteiger partial charge on any atom is -0.466 e. The Morgan fingerprint density at radius 1 is 1.00 bits per heavy atom. The molecule has 6 nitrogen and oxygen atoms in total. The van der Waals surface area contributed by atoms with Crippen LogP contribution in [0, 0.1) is 16.0 Å². The molecule has 2 rings (SSSR count). The number of benzene rings is 1. The van der Waals surface area contributed by atoms with E-state index in [-0.39, 0.29) is 12.6 Å². The number of aryl methyl sites for hydroxylation is 1. The molecule has 0 aliphatic heterocycles. The molecule has 1 aromatic carbocycles. The zero-order valence-electron chi connectivity index (χ0n) is 22.4. The van der Waals surface area contributed by atoms with Crippen molar-refractivity contribution in [3.8, 4) is 0 Å². The maximum atomic E-state index is 11.2. The van der Waals surface area contributed by atoms with E-state index in [1.807, 2.05) is 32.9 Å². The molecule has 35 heavy (non-hydrogen) atoms. The molecule has 1 aliphatic carbocycles. The molecule has 1 fully saturated rings. The summed E-state index contributed by atoms with van der Waals surface area (Å²) in [7, 11) is 0. The molecule has 0 radical (unpaired) electrons. The second-order valence-corrected chi connectivity index (χ2v) is 8.68. The van der Waals surface area contributed by atoms with Gasteiger partial charge >= 0.3 is 5.97 Å². The van der Waals surface area contributed by atoms with Crippen LogP contribution in [-0.2, 0) is 20.8 Å². The monoisotopic (exact) mass is 491 g/mol. The molecular weight excluding hydrogens is 442 g/mol. The highest BCUT2D eigenvalue weighted by Crippen LogP contribution is 2.29. The molecule has 0 spiro atoms. The van der Waals surface area contributed by atoms with E-state index in [0.717, 1.165) is 18.8 Å². The molecular formula is C29H49NO5. The van der Waals surface area contributed by atoms with Crippen molar-refractivity contribution >= 4 is 5.97 Å². The summed E-state index contributed by atoms with van der Waals surface area (Å²) in [6, 6.07) is 10.9. The first kappa shape index (κ1) is 32.6. The molecule has 0 amide bonds. The van der Waals surface area contributed by atoms with Crippen molar-refractivity contribution in [1.29, 1.82) is 0 Å². The summed E-state index contributed by atoms with van der Waals surface area (Å²) >= 11 is 0. The molecule has 0 saturated heterocycles. The first-order valence-electron chi connectivity index (χ1n) is 13.7. The Bertz CT molecular complexity index is 642. The van der Waals surface area contributed by atoms with Gasteiger partial charge in [-0.05, 0) is 56.9 Å². The van der Waals surface area contributed by atoms with Crippen LogP contribution < -0.4 is 0 Å². The van der Waals surface area contributed by atoms with Gasteiger partial charge in [-0.3, -0.25) is 4.79 Å². The van der Waals surface area contributed by atoms with E-state index in [1.54, 1.807) is 0 Å². The fourth-order valence-electron chi connectivity index (χ4n) is 4.01. The molecule has 200 valence electrons. The lowest BCUT2D eigenvalue weighted by Gasteiger charge is -2.07.